The van der Waals surface area contributed by atoms with Crippen LogP contribution in [0.5, 0.6) is 0 Å². The molecule has 1 amide bonds. The number of hydrogen-bond donors (Lipinski definition) is 0. The minimum atomic E-state index is -0.382. The first-order valence-electron chi connectivity index (χ1n) is 6.41. The van der Waals surface area contributed by atoms with E-state index in [-0.39, 0.29) is 5.91 Å². The van der Waals surface area contributed by atoms with E-state index in [1.807, 2.05) is 6.92 Å². The fourth-order valence-electron chi connectivity index (χ4n) is 2.24. The normalized spacial score (nSPS) is 12.3. The molecule has 0 atom stereocenters. The van der Waals surface area contributed by atoms with Crippen LogP contribution in [0.2, 0.25) is 10.0 Å². The zero-order valence-corrected chi connectivity index (χ0v) is 14.4. The molecule has 2 aromatic heterocycles. The Kier molecular flexibility index (Phi) is 3.84. The molecule has 2 heterocycles. The van der Waals surface area contributed by atoms with Crippen LogP contribution in [0.3, 0.4) is 0 Å². The number of rotatable bonds is 1. The lowest BCUT2D eigenvalue weighted by molar-refractivity contribution is 0.0992. The molecule has 0 aliphatic heterocycles. The number of benzene rings is 1. The number of halogens is 2. The van der Waals surface area contributed by atoms with Gasteiger partial charge in [-0.1, -0.05) is 34.5 Å². The molecule has 0 fully saturated rings. The van der Waals surface area contributed by atoms with Gasteiger partial charge in [0, 0.05) is 25.9 Å². The monoisotopic (exact) mass is 354 g/mol. The molecule has 3 aromatic rings. The molecule has 3 rings (SSSR count). The number of carbonyl (C=O) groups is 1. The second kappa shape index (κ2) is 5.53. The lowest BCUT2D eigenvalue weighted by Gasteiger charge is -1.99. The fourth-order valence-corrected chi connectivity index (χ4v) is 3.90. The summed E-state index contributed by atoms with van der Waals surface area (Å²) in [6.07, 6.45) is 1.78. The standard InChI is InChI=1S/C14H12Cl2N4OS/c1-7-6-19(2)18-10(7)13(21)17-14-20(3)11-8(15)4-5-9(16)12(11)22-14/h4-6H,1-3H3. The molecule has 0 saturated heterocycles. The highest BCUT2D eigenvalue weighted by Crippen LogP contribution is 2.31. The van der Waals surface area contributed by atoms with Gasteiger partial charge >= 0.3 is 0 Å². The molecule has 0 N–H and O–H groups in total. The van der Waals surface area contributed by atoms with E-state index < -0.39 is 0 Å². The van der Waals surface area contributed by atoms with Crippen LogP contribution in [0.15, 0.2) is 23.3 Å². The van der Waals surface area contributed by atoms with Crippen LogP contribution in [0.25, 0.3) is 10.2 Å². The third-order valence-electron chi connectivity index (χ3n) is 3.26. The molecule has 1 aromatic carbocycles. The summed E-state index contributed by atoms with van der Waals surface area (Å²) >= 11 is 13.7. The SMILES string of the molecule is Cc1cn(C)nc1C(=O)N=c1sc2c(Cl)ccc(Cl)c2n1C. The molecule has 0 spiro atoms. The average Bonchev–Trinajstić information content (AvgIpc) is 2.96. The summed E-state index contributed by atoms with van der Waals surface area (Å²) in [7, 11) is 3.57. The minimum absolute atomic E-state index is 0.345. The van der Waals surface area contributed by atoms with Gasteiger partial charge in [-0.3, -0.25) is 9.48 Å². The first-order chi connectivity index (χ1) is 10.4. The van der Waals surface area contributed by atoms with Crippen molar-refractivity contribution in [3.63, 3.8) is 0 Å². The maximum Gasteiger partial charge on any atom is 0.300 e. The second-order valence-corrected chi connectivity index (χ2v) is 6.69. The van der Waals surface area contributed by atoms with Crippen molar-refractivity contribution in [3.05, 3.63) is 44.4 Å². The highest BCUT2D eigenvalue weighted by molar-refractivity contribution is 7.17. The third-order valence-corrected chi connectivity index (χ3v) is 5.16. The van der Waals surface area contributed by atoms with E-state index in [4.69, 9.17) is 23.2 Å². The van der Waals surface area contributed by atoms with E-state index in [1.54, 1.807) is 41.7 Å². The molecule has 8 heteroatoms. The largest absolute Gasteiger partial charge is 0.318 e. The summed E-state index contributed by atoms with van der Waals surface area (Å²) < 4.78 is 4.17. The summed E-state index contributed by atoms with van der Waals surface area (Å²) in [5.41, 5.74) is 1.90. The highest BCUT2D eigenvalue weighted by Gasteiger charge is 2.15. The van der Waals surface area contributed by atoms with E-state index in [0.717, 1.165) is 15.8 Å². The Balaban J connectivity index is 2.20. The van der Waals surface area contributed by atoms with Gasteiger partial charge in [-0.25, -0.2) is 0 Å². The van der Waals surface area contributed by atoms with Gasteiger partial charge in [-0.15, -0.1) is 0 Å². The topological polar surface area (TPSA) is 52.2 Å². The summed E-state index contributed by atoms with van der Waals surface area (Å²) in [5, 5.41) is 5.30. The van der Waals surface area contributed by atoms with Gasteiger partial charge in [-0.2, -0.15) is 10.1 Å². The molecule has 0 unspecified atom stereocenters. The van der Waals surface area contributed by atoms with E-state index in [0.29, 0.717) is 20.5 Å². The van der Waals surface area contributed by atoms with Crippen LogP contribution in [0.1, 0.15) is 16.1 Å². The molecule has 5 nitrogen and oxygen atoms in total. The number of thiazole rings is 1. The maximum absolute atomic E-state index is 12.3. The Bertz CT molecular complexity index is 967. The van der Waals surface area contributed by atoms with Crippen molar-refractivity contribution >= 4 is 50.7 Å². The van der Waals surface area contributed by atoms with Gasteiger partial charge in [0.05, 0.1) is 20.3 Å². The molecule has 114 valence electrons. The number of amides is 1. The van der Waals surface area contributed by atoms with Crippen LogP contribution >= 0.6 is 34.5 Å². The predicted octanol–water partition coefficient (Wildman–Crippen LogP) is 3.33. The van der Waals surface area contributed by atoms with Gasteiger partial charge < -0.3 is 4.57 Å². The second-order valence-electron chi connectivity index (χ2n) is 4.90. The van der Waals surface area contributed by atoms with Gasteiger partial charge in [0.25, 0.3) is 5.91 Å². The quantitative estimate of drug-likeness (QED) is 0.672. The van der Waals surface area contributed by atoms with Crippen molar-refractivity contribution in [3.8, 4) is 0 Å². The number of aryl methyl sites for hydroxylation is 3. The van der Waals surface area contributed by atoms with Crippen molar-refractivity contribution in [1.29, 1.82) is 0 Å². The molecule has 0 aliphatic carbocycles. The highest BCUT2D eigenvalue weighted by atomic mass is 35.5. The van der Waals surface area contributed by atoms with E-state index >= 15 is 0 Å². The van der Waals surface area contributed by atoms with Gasteiger partial charge in [0.2, 0.25) is 0 Å². The van der Waals surface area contributed by atoms with Crippen LogP contribution in [0, 0.1) is 6.92 Å². The Morgan fingerprint density at radius 2 is 1.95 bits per heavy atom. The zero-order valence-electron chi connectivity index (χ0n) is 12.1. The average molecular weight is 355 g/mol. The molecule has 0 saturated carbocycles. The smallest absolute Gasteiger partial charge is 0.300 e. The van der Waals surface area contributed by atoms with Crippen molar-refractivity contribution in [2.24, 2.45) is 19.1 Å². The summed E-state index contributed by atoms with van der Waals surface area (Å²) in [4.78, 5) is 17.0. The van der Waals surface area contributed by atoms with Gasteiger partial charge in [0.1, 0.15) is 0 Å². The molecular weight excluding hydrogens is 343 g/mol. The zero-order chi connectivity index (χ0) is 16.0. The summed E-state index contributed by atoms with van der Waals surface area (Å²) in [5.74, 6) is -0.382. The Hall–Kier alpha value is -1.63. The molecule has 22 heavy (non-hydrogen) atoms. The number of fused-ring (bicyclic) bond motifs is 1. The lowest BCUT2D eigenvalue weighted by atomic mass is 10.3. The molecule has 0 radical (unpaired) electrons. The van der Waals surface area contributed by atoms with Gasteiger partial charge in [0.15, 0.2) is 10.5 Å². The summed E-state index contributed by atoms with van der Waals surface area (Å²) in [6.45, 7) is 1.83. The lowest BCUT2D eigenvalue weighted by Crippen LogP contribution is -2.14. The predicted molar refractivity (Wildman–Crippen MR) is 88.7 cm³/mol. The molecule has 0 aliphatic rings. The van der Waals surface area contributed by atoms with E-state index in [2.05, 4.69) is 10.1 Å². The summed E-state index contributed by atoms with van der Waals surface area (Å²) in [6, 6.07) is 3.46. The number of carbonyl (C=O) groups excluding carboxylic acids is 1. The molecule has 0 bridgehead atoms. The number of hydrogen-bond acceptors (Lipinski definition) is 3. The van der Waals surface area contributed by atoms with E-state index in [1.165, 1.54) is 11.3 Å². The van der Waals surface area contributed by atoms with Crippen LogP contribution in [-0.2, 0) is 14.1 Å². The van der Waals surface area contributed by atoms with Crippen molar-refractivity contribution in [1.82, 2.24) is 14.3 Å². The Labute approximate surface area is 140 Å². The first kappa shape index (κ1) is 15.3. The fraction of sp³-hybridized carbons (Fsp3) is 0.214. The Morgan fingerprint density at radius 1 is 1.27 bits per heavy atom. The van der Waals surface area contributed by atoms with Crippen LogP contribution in [0.4, 0.5) is 0 Å². The first-order valence-corrected chi connectivity index (χ1v) is 7.98. The number of aromatic nitrogens is 3. The van der Waals surface area contributed by atoms with Crippen molar-refractivity contribution in [2.75, 3.05) is 0 Å². The van der Waals surface area contributed by atoms with Crippen LogP contribution in [-0.4, -0.2) is 20.3 Å². The third kappa shape index (κ3) is 2.47. The van der Waals surface area contributed by atoms with Crippen molar-refractivity contribution in [2.45, 2.75) is 6.92 Å². The minimum Gasteiger partial charge on any atom is -0.318 e. The van der Waals surface area contributed by atoms with Crippen LogP contribution < -0.4 is 4.80 Å². The van der Waals surface area contributed by atoms with E-state index in [9.17, 15) is 4.79 Å². The number of nitrogens with zero attached hydrogens (tertiary/aromatic N) is 4. The molecular formula is C14H12Cl2N4OS. The van der Waals surface area contributed by atoms with Gasteiger partial charge in [-0.05, 0) is 19.1 Å². The van der Waals surface area contributed by atoms with Crippen molar-refractivity contribution < 1.29 is 4.79 Å². The maximum atomic E-state index is 12.3. The Morgan fingerprint density at radius 3 is 2.55 bits per heavy atom.